The van der Waals surface area contributed by atoms with E-state index in [-0.39, 0.29) is 12.2 Å². The van der Waals surface area contributed by atoms with Crippen LogP contribution in [0, 0.1) is 36.5 Å². The standard InChI is InChI=1S/C24H21ClN4O2S2/c1-4-31-24(30)21-19(12-32-23-16(10-26)13(2)9-14(3)29-23)33-22(28)17(11-27)20(21)15-7-5-6-8-18(15)25/h5-9,20H,4,12,28H2,1-3H3/t20-/m1/s1. The Morgan fingerprint density at radius 3 is 2.67 bits per heavy atom. The van der Waals surface area contributed by atoms with E-state index in [4.69, 9.17) is 22.1 Å². The smallest absolute Gasteiger partial charge is 0.335 e. The zero-order chi connectivity index (χ0) is 24.1. The molecule has 0 saturated carbocycles. The Balaban J connectivity index is 2.14. The van der Waals surface area contributed by atoms with Crippen molar-refractivity contribution in [1.82, 2.24) is 4.98 Å². The average Bonchev–Trinajstić information content (AvgIpc) is 2.77. The Bertz CT molecular complexity index is 1260. The van der Waals surface area contributed by atoms with Crippen LogP contribution in [-0.2, 0) is 9.53 Å². The second kappa shape index (κ2) is 10.8. The first kappa shape index (κ1) is 24.7. The van der Waals surface area contributed by atoms with Gasteiger partial charge in [0, 0.05) is 21.4 Å². The van der Waals surface area contributed by atoms with Crippen LogP contribution in [0.2, 0.25) is 5.02 Å². The number of hydrogen-bond acceptors (Lipinski definition) is 8. The number of nitrogens with two attached hydrogens (primary N) is 1. The van der Waals surface area contributed by atoms with E-state index < -0.39 is 11.9 Å². The summed E-state index contributed by atoms with van der Waals surface area (Å²) >= 11 is 8.97. The molecule has 2 aromatic rings. The molecular formula is C24H21ClN4O2S2. The van der Waals surface area contributed by atoms with E-state index in [2.05, 4.69) is 17.1 Å². The molecule has 0 saturated heterocycles. The molecule has 2 heterocycles. The SMILES string of the molecule is CCOC(=O)C1=C(CSc2nc(C)cc(C)c2C#N)SC(N)=C(C#N)[C@H]1c1ccccc1Cl. The highest BCUT2D eigenvalue weighted by Crippen LogP contribution is 2.48. The number of benzene rings is 1. The van der Waals surface area contributed by atoms with Crippen LogP contribution >= 0.6 is 35.1 Å². The van der Waals surface area contributed by atoms with Crippen LogP contribution in [0.3, 0.4) is 0 Å². The average molecular weight is 497 g/mol. The lowest BCUT2D eigenvalue weighted by Crippen LogP contribution is -2.23. The summed E-state index contributed by atoms with van der Waals surface area (Å²) in [6.45, 7) is 5.63. The molecule has 2 N–H and O–H groups in total. The molecule has 3 rings (SSSR count). The number of allylic oxidation sites excluding steroid dienone is 1. The van der Waals surface area contributed by atoms with Crippen molar-refractivity contribution in [1.29, 1.82) is 10.5 Å². The van der Waals surface area contributed by atoms with Gasteiger partial charge in [-0.2, -0.15) is 10.5 Å². The molecule has 0 unspecified atom stereocenters. The first-order valence-corrected chi connectivity index (χ1v) is 12.2. The minimum Gasteiger partial charge on any atom is -0.463 e. The zero-order valence-electron chi connectivity index (χ0n) is 18.3. The molecule has 1 aromatic carbocycles. The maximum Gasteiger partial charge on any atom is 0.335 e. The van der Waals surface area contributed by atoms with Gasteiger partial charge < -0.3 is 10.5 Å². The van der Waals surface area contributed by atoms with E-state index >= 15 is 0 Å². The van der Waals surface area contributed by atoms with Gasteiger partial charge >= 0.3 is 5.97 Å². The summed E-state index contributed by atoms with van der Waals surface area (Å²) in [7, 11) is 0. The summed E-state index contributed by atoms with van der Waals surface area (Å²) in [6, 6.07) is 13.3. The summed E-state index contributed by atoms with van der Waals surface area (Å²) in [6.07, 6.45) is 0. The Labute approximate surface area is 206 Å². The molecule has 1 aliphatic rings. The number of hydrogen-bond donors (Lipinski definition) is 1. The highest BCUT2D eigenvalue weighted by molar-refractivity contribution is 8.08. The minimum absolute atomic E-state index is 0.182. The molecule has 0 fully saturated rings. The number of aromatic nitrogens is 1. The number of thioether (sulfide) groups is 2. The first-order valence-electron chi connectivity index (χ1n) is 10.1. The Kier molecular flexibility index (Phi) is 8.10. The summed E-state index contributed by atoms with van der Waals surface area (Å²) in [4.78, 5) is 18.3. The maximum absolute atomic E-state index is 13.1. The number of ether oxygens (including phenoxy) is 1. The Hall–Kier alpha value is -2.91. The molecule has 0 bridgehead atoms. The number of carbonyl (C=O) groups is 1. The third-order valence-corrected chi connectivity index (χ3v) is 7.55. The molecule has 0 spiro atoms. The van der Waals surface area contributed by atoms with Crippen molar-refractivity contribution in [2.75, 3.05) is 12.4 Å². The van der Waals surface area contributed by atoms with Gasteiger partial charge in [0.25, 0.3) is 0 Å². The molecule has 168 valence electrons. The molecule has 0 radical (unpaired) electrons. The van der Waals surface area contributed by atoms with Crippen molar-refractivity contribution in [3.63, 3.8) is 0 Å². The molecule has 0 amide bonds. The number of esters is 1. The van der Waals surface area contributed by atoms with Crippen LogP contribution in [0.4, 0.5) is 0 Å². The van der Waals surface area contributed by atoms with Gasteiger partial charge in [-0.15, -0.1) is 0 Å². The van der Waals surface area contributed by atoms with E-state index in [0.717, 1.165) is 11.3 Å². The number of halogens is 1. The van der Waals surface area contributed by atoms with Crippen molar-refractivity contribution >= 4 is 41.1 Å². The molecule has 33 heavy (non-hydrogen) atoms. The fraction of sp³-hybridized carbons (Fsp3) is 0.250. The van der Waals surface area contributed by atoms with Crippen LogP contribution in [0.1, 0.15) is 35.2 Å². The van der Waals surface area contributed by atoms with E-state index in [1.54, 1.807) is 31.2 Å². The van der Waals surface area contributed by atoms with Gasteiger partial charge in [0.2, 0.25) is 0 Å². The van der Waals surface area contributed by atoms with Gasteiger partial charge in [-0.05, 0) is 44.0 Å². The third-order valence-electron chi connectivity index (χ3n) is 4.97. The fourth-order valence-corrected chi connectivity index (χ4v) is 6.04. The minimum atomic E-state index is -0.748. The highest BCUT2D eigenvalue weighted by atomic mass is 35.5. The van der Waals surface area contributed by atoms with Gasteiger partial charge in [-0.25, -0.2) is 9.78 Å². The summed E-state index contributed by atoms with van der Waals surface area (Å²) in [5.74, 6) is -0.953. The topological polar surface area (TPSA) is 113 Å². The van der Waals surface area contributed by atoms with E-state index in [9.17, 15) is 15.3 Å². The fourth-order valence-electron chi connectivity index (χ4n) is 3.55. The Morgan fingerprint density at radius 1 is 1.30 bits per heavy atom. The first-order chi connectivity index (χ1) is 15.8. The predicted molar refractivity (Wildman–Crippen MR) is 131 cm³/mol. The molecule has 1 atom stereocenters. The van der Waals surface area contributed by atoms with Gasteiger partial charge in [0.05, 0.1) is 40.3 Å². The lowest BCUT2D eigenvalue weighted by molar-refractivity contribution is -0.138. The van der Waals surface area contributed by atoms with E-state index in [1.165, 1.54) is 23.5 Å². The third kappa shape index (κ3) is 5.20. The predicted octanol–water partition coefficient (Wildman–Crippen LogP) is 5.36. The summed E-state index contributed by atoms with van der Waals surface area (Å²) < 4.78 is 5.36. The van der Waals surface area contributed by atoms with Crippen molar-refractivity contribution in [3.8, 4) is 12.1 Å². The highest BCUT2D eigenvalue weighted by Gasteiger charge is 2.37. The van der Waals surface area contributed by atoms with Crippen LogP contribution in [0.15, 0.2) is 56.4 Å². The quantitative estimate of drug-likeness (QED) is 0.420. The largest absolute Gasteiger partial charge is 0.463 e. The molecular weight excluding hydrogens is 476 g/mol. The van der Waals surface area contributed by atoms with Crippen LogP contribution < -0.4 is 5.73 Å². The van der Waals surface area contributed by atoms with Crippen LogP contribution in [0.25, 0.3) is 0 Å². The maximum atomic E-state index is 13.1. The van der Waals surface area contributed by atoms with E-state index in [0.29, 0.717) is 42.4 Å². The second-order valence-electron chi connectivity index (χ2n) is 7.16. The number of rotatable bonds is 6. The number of nitriles is 2. The normalized spacial score (nSPS) is 15.8. The van der Waals surface area contributed by atoms with Crippen LogP contribution in [-0.4, -0.2) is 23.3 Å². The number of carbonyl (C=O) groups excluding carboxylic acids is 1. The van der Waals surface area contributed by atoms with Gasteiger partial charge in [-0.1, -0.05) is 53.3 Å². The van der Waals surface area contributed by atoms with E-state index in [1.807, 2.05) is 19.9 Å². The van der Waals surface area contributed by atoms with Crippen molar-refractivity contribution in [2.24, 2.45) is 5.73 Å². The number of pyridine rings is 1. The van der Waals surface area contributed by atoms with Crippen molar-refractivity contribution < 1.29 is 9.53 Å². The number of nitrogens with zero attached hydrogens (tertiary/aromatic N) is 3. The zero-order valence-corrected chi connectivity index (χ0v) is 20.7. The summed E-state index contributed by atoms with van der Waals surface area (Å²) in [5, 5.41) is 20.8. The van der Waals surface area contributed by atoms with Crippen molar-refractivity contribution in [3.05, 3.63) is 78.8 Å². The molecule has 0 aliphatic carbocycles. The molecule has 6 nitrogen and oxygen atoms in total. The lowest BCUT2D eigenvalue weighted by Gasteiger charge is -2.28. The molecule has 1 aliphatic heterocycles. The Morgan fingerprint density at radius 2 is 2.03 bits per heavy atom. The summed E-state index contributed by atoms with van der Waals surface area (Å²) in [5.41, 5.74) is 9.60. The van der Waals surface area contributed by atoms with Crippen LogP contribution in [0.5, 0.6) is 0 Å². The van der Waals surface area contributed by atoms with Crippen molar-refractivity contribution in [2.45, 2.75) is 31.7 Å². The van der Waals surface area contributed by atoms with Gasteiger partial charge in [0.15, 0.2) is 0 Å². The lowest BCUT2D eigenvalue weighted by atomic mass is 9.84. The second-order valence-corrected chi connectivity index (χ2v) is 9.67. The van der Waals surface area contributed by atoms with Gasteiger partial charge in [0.1, 0.15) is 11.1 Å². The molecule has 1 aromatic heterocycles. The molecule has 9 heteroatoms. The van der Waals surface area contributed by atoms with Gasteiger partial charge in [-0.3, -0.25) is 0 Å². The monoisotopic (exact) mass is 496 g/mol. The number of aryl methyl sites for hydroxylation is 2.